The minimum Gasteiger partial charge on any atom is -0.324 e. The molecule has 2 nitrogen and oxygen atoms in total. The van der Waals surface area contributed by atoms with E-state index < -0.39 is 0 Å². The molecule has 1 unspecified atom stereocenters. The van der Waals surface area contributed by atoms with Gasteiger partial charge in [0.15, 0.2) is 0 Å². The summed E-state index contributed by atoms with van der Waals surface area (Å²) < 4.78 is 2.13. The number of quaternary nitrogens is 2. The number of rotatable bonds is 5. The third kappa shape index (κ3) is 4.11. The first-order valence-corrected chi connectivity index (χ1v) is 6.18. The van der Waals surface area contributed by atoms with Gasteiger partial charge in [-0.25, -0.2) is 0 Å². The molecule has 0 radical (unpaired) electrons. The van der Waals surface area contributed by atoms with Crippen molar-refractivity contribution in [3.63, 3.8) is 0 Å². The van der Waals surface area contributed by atoms with Crippen molar-refractivity contribution < 1.29 is 8.97 Å². The van der Waals surface area contributed by atoms with E-state index in [1.165, 1.54) is 13.1 Å². The average Bonchev–Trinajstić information content (AvgIpc) is 2.52. The average molecular weight is 224 g/mol. The fraction of sp³-hybridized carbons (Fsp3) is 0.714. The van der Waals surface area contributed by atoms with E-state index in [9.17, 15) is 0 Å². The van der Waals surface area contributed by atoms with Crippen molar-refractivity contribution in [3.8, 4) is 0 Å². The van der Waals surface area contributed by atoms with Gasteiger partial charge in [0.1, 0.15) is 19.1 Å². The van der Waals surface area contributed by atoms with Gasteiger partial charge in [0.2, 0.25) is 0 Å². The second-order valence-electron chi connectivity index (χ2n) is 6.70. The van der Waals surface area contributed by atoms with Gasteiger partial charge in [-0.05, 0) is 18.9 Å². The van der Waals surface area contributed by atoms with Crippen LogP contribution in [0.2, 0.25) is 0 Å². The van der Waals surface area contributed by atoms with Crippen LogP contribution in [-0.2, 0) is 0 Å². The Morgan fingerprint density at radius 1 is 1.19 bits per heavy atom. The molecule has 0 N–H and O–H groups in total. The molecule has 0 spiro atoms. The number of hydrogen-bond acceptors (Lipinski definition) is 0. The molecular formula is C14H28N2+2. The van der Waals surface area contributed by atoms with E-state index in [1.807, 2.05) is 0 Å². The SMILES string of the molecule is CC(C[N+](C)(C)CC1=CC=CC1)[N+](C)(C)C. The molecule has 92 valence electrons. The van der Waals surface area contributed by atoms with Crippen molar-refractivity contribution >= 4 is 0 Å². The quantitative estimate of drug-likeness (QED) is 0.627. The highest BCUT2D eigenvalue weighted by Crippen LogP contribution is 2.16. The van der Waals surface area contributed by atoms with E-state index >= 15 is 0 Å². The third-order valence-corrected chi connectivity index (χ3v) is 3.56. The van der Waals surface area contributed by atoms with Gasteiger partial charge in [0, 0.05) is 0 Å². The molecular weight excluding hydrogens is 196 g/mol. The first-order chi connectivity index (χ1) is 7.21. The van der Waals surface area contributed by atoms with E-state index in [-0.39, 0.29) is 0 Å². The molecule has 0 heterocycles. The van der Waals surface area contributed by atoms with Crippen LogP contribution in [0.5, 0.6) is 0 Å². The first kappa shape index (κ1) is 13.5. The Hall–Kier alpha value is -0.600. The zero-order valence-corrected chi connectivity index (χ0v) is 11.8. The third-order valence-electron chi connectivity index (χ3n) is 3.56. The minimum absolute atomic E-state index is 0.685. The Bertz CT molecular complexity index is 292. The maximum absolute atomic E-state index is 2.35. The molecule has 0 amide bonds. The summed E-state index contributed by atoms with van der Waals surface area (Å²) in [6.45, 7) is 4.75. The first-order valence-electron chi connectivity index (χ1n) is 6.18. The predicted octanol–water partition coefficient (Wildman–Crippen LogP) is 2.04. The predicted molar refractivity (Wildman–Crippen MR) is 71.2 cm³/mol. The van der Waals surface area contributed by atoms with Crippen LogP contribution in [0.4, 0.5) is 0 Å². The van der Waals surface area contributed by atoms with Gasteiger partial charge in [-0.1, -0.05) is 18.2 Å². The number of hydrogen-bond donors (Lipinski definition) is 0. The highest BCUT2D eigenvalue weighted by Gasteiger charge is 2.28. The molecule has 0 aliphatic heterocycles. The second-order valence-corrected chi connectivity index (χ2v) is 6.70. The molecule has 1 rings (SSSR count). The van der Waals surface area contributed by atoms with Crippen LogP contribution in [0.3, 0.4) is 0 Å². The number of likely N-dealkylation sites (N-methyl/N-ethyl adjacent to an activating group) is 2. The second kappa shape index (κ2) is 4.72. The normalized spacial score (nSPS) is 18.8. The van der Waals surface area contributed by atoms with E-state index in [2.05, 4.69) is 60.4 Å². The van der Waals surface area contributed by atoms with Crippen molar-refractivity contribution in [3.05, 3.63) is 23.8 Å². The Morgan fingerprint density at radius 2 is 1.81 bits per heavy atom. The van der Waals surface area contributed by atoms with E-state index in [0.29, 0.717) is 6.04 Å². The van der Waals surface area contributed by atoms with E-state index in [0.717, 1.165) is 15.4 Å². The van der Waals surface area contributed by atoms with Crippen LogP contribution >= 0.6 is 0 Å². The molecule has 0 fully saturated rings. The monoisotopic (exact) mass is 224 g/mol. The van der Waals surface area contributed by atoms with Crippen LogP contribution in [0.15, 0.2) is 23.8 Å². The van der Waals surface area contributed by atoms with E-state index in [1.54, 1.807) is 5.57 Å². The summed E-state index contributed by atoms with van der Waals surface area (Å²) in [7, 11) is 11.5. The summed E-state index contributed by atoms with van der Waals surface area (Å²) in [5.74, 6) is 0. The maximum atomic E-state index is 2.35. The largest absolute Gasteiger partial charge is 0.324 e. The molecule has 1 atom stereocenters. The smallest absolute Gasteiger partial charge is 0.135 e. The van der Waals surface area contributed by atoms with Gasteiger partial charge in [-0.2, -0.15) is 0 Å². The molecule has 0 saturated heterocycles. The van der Waals surface area contributed by atoms with Gasteiger partial charge in [0.05, 0.1) is 35.2 Å². The van der Waals surface area contributed by atoms with Crippen LogP contribution in [0, 0.1) is 0 Å². The van der Waals surface area contributed by atoms with Crippen molar-refractivity contribution in [1.82, 2.24) is 0 Å². The lowest BCUT2D eigenvalue weighted by molar-refractivity contribution is -0.951. The molecule has 1 aliphatic rings. The molecule has 1 aliphatic carbocycles. The zero-order valence-electron chi connectivity index (χ0n) is 11.8. The topological polar surface area (TPSA) is 0 Å². The van der Waals surface area contributed by atoms with Crippen molar-refractivity contribution in [2.75, 3.05) is 48.3 Å². The van der Waals surface area contributed by atoms with Crippen LogP contribution < -0.4 is 0 Å². The lowest BCUT2D eigenvalue weighted by atomic mass is 10.1. The lowest BCUT2D eigenvalue weighted by Crippen LogP contribution is -2.55. The Kier molecular flexibility index (Phi) is 3.97. The summed E-state index contributed by atoms with van der Waals surface area (Å²) in [5.41, 5.74) is 1.57. The van der Waals surface area contributed by atoms with Crippen molar-refractivity contribution in [2.45, 2.75) is 19.4 Å². The summed E-state index contributed by atoms with van der Waals surface area (Å²) in [4.78, 5) is 0. The number of allylic oxidation sites excluding steroid dienone is 3. The van der Waals surface area contributed by atoms with Gasteiger partial charge >= 0.3 is 0 Å². The van der Waals surface area contributed by atoms with Crippen molar-refractivity contribution in [1.29, 1.82) is 0 Å². The van der Waals surface area contributed by atoms with Gasteiger partial charge in [-0.15, -0.1) is 0 Å². The molecule has 0 aromatic carbocycles. The zero-order chi connectivity index (χ0) is 12.4. The molecule has 0 aromatic rings. The summed E-state index contributed by atoms with van der Waals surface area (Å²) in [5, 5.41) is 0. The van der Waals surface area contributed by atoms with Crippen LogP contribution in [-0.4, -0.2) is 63.3 Å². The lowest BCUT2D eigenvalue weighted by Gasteiger charge is -2.38. The molecule has 0 aromatic heterocycles. The van der Waals surface area contributed by atoms with Gasteiger partial charge in [-0.3, -0.25) is 0 Å². The molecule has 0 saturated carbocycles. The van der Waals surface area contributed by atoms with Gasteiger partial charge in [0.25, 0.3) is 0 Å². The number of nitrogens with zero attached hydrogens (tertiary/aromatic N) is 2. The minimum atomic E-state index is 0.685. The van der Waals surface area contributed by atoms with Crippen LogP contribution in [0.25, 0.3) is 0 Å². The summed E-state index contributed by atoms with van der Waals surface area (Å²) in [6, 6.07) is 0.685. The molecule has 16 heavy (non-hydrogen) atoms. The Morgan fingerprint density at radius 3 is 2.25 bits per heavy atom. The maximum Gasteiger partial charge on any atom is 0.135 e. The molecule has 0 bridgehead atoms. The van der Waals surface area contributed by atoms with Crippen molar-refractivity contribution in [2.24, 2.45) is 0 Å². The standard InChI is InChI=1S/C14H28N2/c1-13(15(2,3)4)11-16(5,6)12-14-9-7-8-10-14/h7-9,13H,10-12H2,1-6H3/q+2. The highest BCUT2D eigenvalue weighted by molar-refractivity contribution is 5.23. The Labute approximate surface area is 101 Å². The Balaban J connectivity index is 2.51. The van der Waals surface area contributed by atoms with Gasteiger partial charge < -0.3 is 8.97 Å². The fourth-order valence-corrected chi connectivity index (χ4v) is 2.18. The highest BCUT2D eigenvalue weighted by atomic mass is 15.4. The summed E-state index contributed by atoms with van der Waals surface area (Å²) >= 11 is 0. The molecule has 2 heteroatoms. The van der Waals surface area contributed by atoms with Crippen LogP contribution in [0.1, 0.15) is 13.3 Å². The fourth-order valence-electron chi connectivity index (χ4n) is 2.18. The summed E-state index contributed by atoms with van der Waals surface area (Å²) in [6.07, 6.45) is 7.86. The van der Waals surface area contributed by atoms with E-state index in [4.69, 9.17) is 0 Å².